The van der Waals surface area contributed by atoms with E-state index in [1.807, 2.05) is 0 Å². The van der Waals surface area contributed by atoms with Crippen LogP contribution < -0.4 is 10.5 Å². The molecule has 2 atom stereocenters. The van der Waals surface area contributed by atoms with Crippen molar-refractivity contribution >= 4 is 10.0 Å². The van der Waals surface area contributed by atoms with E-state index >= 15 is 0 Å². The zero-order chi connectivity index (χ0) is 10.8. The monoisotopic (exact) mass is 222 g/mol. The van der Waals surface area contributed by atoms with Crippen molar-refractivity contribution < 1.29 is 13.5 Å². The summed E-state index contributed by atoms with van der Waals surface area (Å²) in [6, 6.07) is -0.538. The molecular weight excluding hydrogens is 204 g/mol. The van der Waals surface area contributed by atoms with Crippen molar-refractivity contribution in [2.45, 2.75) is 31.9 Å². The predicted octanol–water partition coefficient (Wildman–Crippen LogP) is -0.976. The fraction of sp³-hybridized carbons (Fsp3) is 1.00. The molecule has 0 bridgehead atoms. The van der Waals surface area contributed by atoms with Gasteiger partial charge in [0, 0.05) is 12.6 Å². The van der Waals surface area contributed by atoms with Crippen LogP contribution in [0.3, 0.4) is 0 Å². The summed E-state index contributed by atoms with van der Waals surface area (Å²) in [5.41, 5.74) is 5.49. The molecule has 84 valence electrons. The lowest BCUT2D eigenvalue weighted by molar-refractivity contribution is 0.164. The van der Waals surface area contributed by atoms with Crippen molar-refractivity contribution in [2.24, 2.45) is 11.7 Å². The number of hydrogen-bond donors (Lipinski definition) is 3. The maximum absolute atomic E-state index is 11.4. The minimum Gasteiger partial charge on any atom is -0.392 e. The van der Waals surface area contributed by atoms with Crippen LogP contribution in [0.15, 0.2) is 0 Å². The highest BCUT2D eigenvalue weighted by Crippen LogP contribution is 2.29. The number of nitrogens with two attached hydrogens (primary N) is 1. The second-order valence-corrected chi connectivity index (χ2v) is 5.83. The smallest absolute Gasteiger partial charge is 0.211 e. The lowest BCUT2D eigenvalue weighted by Gasteiger charge is -2.15. The molecule has 14 heavy (non-hydrogen) atoms. The second kappa shape index (κ2) is 4.57. The molecule has 0 aromatic rings. The Bertz CT molecular complexity index is 272. The van der Waals surface area contributed by atoms with E-state index in [0.29, 0.717) is 5.92 Å². The molecule has 6 heteroatoms. The summed E-state index contributed by atoms with van der Waals surface area (Å²) in [4.78, 5) is 0. The van der Waals surface area contributed by atoms with Gasteiger partial charge in [0.2, 0.25) is 10.0 Å². The van der Waals surface area contributed by atoms with Crippen molar-refractivity contribution in [1.82, 2.24) is 4.72 Å². The highest BCUT2D eigenvalue weighted by Gasteiger charge is 2.28. The third-order valence-electron chi connectivity index (χ3n) is 2.31. The zero-order valence-corrected chi connectivity index (χ0v) is 9.13. The van der Waals surface area contributed by atoms with E-state index in [1.54, 1.807) is 6.92 Å². The number of sulfonamides is 1. The summed E-state index contributed by atoms with van der Waals surface area (Å²) in [7, 11) is -3.19. The molecule has 0 aromatic carbocycles. The Kier molecular flexibility index (Phi) is 3.88. The molecule has 1 rings (SSSR count). The van der Waals surface area contributed by atoms with Crippen molar-refractivity contribution in [3.63, 3.8) is 0 Å². The van der Waals surface area contributed by atoms with Gasteiger partial charge in [-0.3, -0.25) is 0 Å². The fourth-order valence-corrected chi connectivity index (χ4v) is 2.57. The Labute approximate surface area is 84.7 Å². The zero-order valence-electron chi connectivity index (χ0n) is 8.31. The van der Waals surface area contributed by atoms with Crippen LogP contribution in [0.2, 0.25) is 0 Å². The van der Waals surface area contributed by atoms with Crippen LogP contribution in [0, 0.1) is 5.92 Å². The van der Waals surface area contributed by atoms with Gasteiger partial charge in [-0.2, -0.15) is 0 Å². The maximum atomic E-state index is 11.4. The standard InChI is InChI=1S/C8H18N2O3S/c1-6(11)8(9)4-10-14(12,13)5-7-2-3-7/h6-8,10-11H,2-5,9H2,1H3. The predicted molar refractivity (Wildman–Crippen MR) is 54.2 cm³/mol. The van der Waals surface area contributed by atoms with Gasteiger partial charge in [-0.25, -0.2) is 13.1 Å². The number of aliphatic hydroxyl groups excluding tert-OH is 1. The number of hydrogen-bond acceptors (Lipinski definition) is 4. The first-order valence-electron chi connectivity index (χ1n) is 4.81. The van der Waals surface area contributed by atoms with Gasteiger partial charge < -0.3 is 10.8 Å². The molecule has 0 heterocycles. The molecule has 0 saturated heterocycles. The summed E-state index contributed by atoms with van der Waals surface area (Å²) in [5.74, 6) is 0.523. The molecule has 5 nitrogen and oxygen atoms in total. The first-order valence-corrected chi connectivity index (χ1v) is 6.47. The summed E-state index contributed by atoms with van der Waals surface area (Å²) in [5, 5.41) is 9.05. The van der Waals surface area contributed by atoms with Gasteiger partial charge in [0.25, 0.3) is 0 Å². The third kappa shape index (κ3) is 4.36. The van der Waals surface area contributed by atoms with E-state index in [9.17, 15) is 8.42 Å². The third-order valence-corrected chi connectivity index (χ3v) is 3.83. The van der Waals surface area contributed by atoms with E-state index in [-0.39, 0.29) is 12.3 Å². The van der Waals surface area contributed by atoms with Gasteiger partial charge in [0.1, 0.15) is 0 Å². The molecule has 4 N–H and O–H groups in total. The number of aliphatic hydroxyl groups is 1. The number of nitrogens with one attached hydrogen (secondary N) is 1. The van der Waals surface area contributed by atoms with E-state index in [2.05, 4.69) is 4.72 Å². The van der Waals surface area contributed by atoms with Gasteiger partial charge in [-0.05, 0) is 25.7 Å². The lowest BCUT2D eigenvalue weighted by Crippen LogP contribution is -2.44. The van der Waals surface area contributed by atoms with Crippen molar-refractivity contribution in [2.75, 3.05) is 12.3 Å². The molecule has 0 aliphatic heterocycles. The number of rotatable bonds is 6. The molecule has 2 unspecified atom stereocenters. The Morgan fingerprint density at radius 2 is 2.14 bits per heavy atom. The Hall–Kier alpha value is -0.170. The fourth-order valence-electron chi connectivity index (χ4n) is 1.05. The highest BCUT2D eigenvalue weighted by atomic mass is 32.2. The van der Waals surface area contributed by atoms with E-state index in [1.165, 1.54) is 0 Å². The highest BCUT2D eigenvalue weighted by molar-refractivity contribution is 7.89. The maximum Gasteiger partial charge on any atom is 0.211 e. The molecule has 1 fully saturated rings. The minimum absolute atomic E-state index is 0.104. The first-order chi connectivity index (χ1) is 6.41. The topological polar surface area (TPSA) is 92.4 Å². The quantitative estimate of drug-likeness (QED) is 0.539. The second-order valence-electron chi connectivity index (χ2n) is 3.98. The summed E-state index contributed by atoms with van der Waals surface area (Å²) < 4.78 is 25.1. The lowest BCUT2D eigenvalue weighted by atomic mass is 10.2. The van der Waals surface area contributed by atoms with Gasteiger partial charge in [0.05, 0.1) is 11.9 Å². The Balaban J connectivity index is 2.28. The van der Waals surface area contributed by atoms with E-state index < -0.39 is 22.2 Å². The SMILES string of the molecule is CC(O)C(N)CNS(=O)(=O)CC1CC1. The van der Waals surface area contributed by atoms with Crippen molar-refractivity contribution in [1.29, 1.82) is 0 Å². The molecule has 0 spiro atoms. The van der Waals surface area contributed by atoms with Crippen LogP contribution in [0.4, 0.5) is 0 Å². The van der Waals surface area contributed by atoms with Crippen LogP contribution in [-0.4, -0.2) is 38.0 Å². The van der Waals surface area contributed by atoms with Crippen LogP contribution in [0.1, 0.15) is 19.8 Å². The Morgan fingerprint density at radius 1 is 1.57 bits per heavy atom. The van der Waals surface area contributed by atoms with E-state index in [4.69, 9.17) is 10.8 Å². The summed E-state index contributed by atoms with van der Waals surface area (Å²) in [6.45, 7) is 1.65. The van der Waals surface area contributed by atoms with Gasteiger partial charge in [0.15, 0.2) is 0 Å². The van der Waals surface area contributed by atoms with Gasteiger partial charge in [-0.15, -0.1) is 0 Å². The van der Waals surface area contributed by atoms with Crippen LogP contribution in [-0.2, 0) is 10.0 Å². The largest absolute Gasteiger partial charge is 0.392 e. The molecule has 1 saturated carbocycles. The van der Waals surface area contributed by atoms with Crippen molar-refractivity contribution in [3.8, 4) is 0 Å². The average molecular weight is 222 g/mol. The summed E-state index contributed by atoms with van der Waals surface area (Å²) >= 11 is 0. The average Bonchev–Trinajstić information content (AvgIpc) is 2.83. The molecule has 1 aliphatic carbocycles. The molecule has 0 amide bonds. The summed E-state index contributed by atoms with van der Waals surface area (Å²) in [6.07, 6.45) is 1.31. The molecule has 0 radical (unpaired) electrons. The first kappa shape index (κ1) is 11.9. The van der Waals surface area contributed by atoms with Gasteiger partial charge >= 0.3 is 0 Å². The van der Waals surface area contributed by atoms with Crippen molar-refractivity contribution in [3.05, 3.63) is 0 Å². The van der Waals surface area contributed by atoms with E-state index in [0.717, 1.165) is 12.8 Å². The Morgan fingerprint density at radius 3 is 2.57 bits per heavy atom. The van der Waals surface area contributed by atoms with Crippen LogP contribution in [0.25, 0.3) is 0 Å². The van der Waals surface area contributed by atoms with Crippen LogP contribution in [0.5, 0.6) is 0 Å². The van der Waals surface area contributed by atoms with Gasteiger partial charge in [-0.1, -0.05) is 0 Å². The molecular formula is C8H18N2O3S. The minimum atomic E-state index is -3.19. The molecule has 0 aromatic heterocycles. The molecule has 1 aliphatic rings. The van der Waals surface area contributed by atoms with Crippen LogP contribution >= 0.6 is 0 Å². The normalized spacial score (nSPS) is 21.9.